The van der Waals surface area contributed by atoms with Crippen LogP contribution in [0.2, 0.25) is 0 Å². The highest BCUT2D eigenvalue weighted by Crippen LogP contribution is 2.16. The second-order valence-electron chi connectivity index (χ2n) is 4.47. The zero-order chi connectivity index (χ0) is 13.4. The first-order valence-corrected chi connectivity index (χ1v) is 6.64. The van der Waals surface area contributed by atoms with E-state index in [-0.39, 0.29) is 6.03 Å². The maximum Gasteiger partial charge on any atom is 0.319 e. The lowest BCUT2D eigenvalue weighted by molar-refractivity contribution is 0.253. The molecule has 99 valence electrons. The van der Waals surface area contributed by atoms with Crippen molar-refractivity contribution in [3.8, 4) is 0 Å². The number of carbonyl (C=O) groups excluding carboxylic acids is 1. The van der Waals surface area contributed by atoms with Gasteiger partial charge in [-0.2, -0.15) is 0 Å². The standard InChI is InChI=1S/C15H23N2O/c1-3-5-6-7-12-17(15(16)18)14-10-8-13(4-2)9-11-14/h8-11H,2-7,12H2,1H3,(H2,16,18). The van der Waals surface area contributed by atoms with Gasteiger partial charge in [0, 0.05) is 12.2 Å². The van der Waals surface area contributed by atoms with Gasteiger partial charge in [0.1, 0.15) is 0 Å². The topological polar surface area (TPSA) is 46.3 Å². The van der Waals surface area contributed by atoms with E-state index < -0.39 is 0 Å². The van der Waals surface area contributed by atoms with Crippen molar-refractivity contribution in [1.82, 2.24) is 0 Å². The molecule has 0 aromatic heterocycles. The predicted molar refractivity (Wildman–Crippen MR) is 76.6 cm³/mol. The number of urea groups is 1. The van der Waals surface area contributed by atoms with Gasteiger partial charge in [-0.05, 0) is 37.5 Å². The Balaban J connectivity index is 2.62. The predicted octanol–water partition coefficient (Wildman–Crippen LogP) is 3.53. The van der Waals surface area contributed by atoms with Gasteiger partial charge in [0.05, 0.1) is 0 Å². The molecule has 0 saturated heterocycles. The highest BCUT2D eigenvalue weighted by Gasteiger charge is 2.11. The molecule has 2 amide bonds. The van der Waals surface area contributed by atoms with Gasteiger partial charge in [-0.25, -0.2) is 4.79 Å². The molecule has 1 radical (unpaired) electrons. The van der Waals surface area contributed by atoms with Crippen LogP contribution >= 0.6 is 0 Å². The number of nitrogens with two attached hydrogens (primary N) is 1. The molecule has 1 aromatic rings. The quantitative estimate of drug-likeness (QED) is 0.736. The molecule has 0 saturated carbocycles. The van der Waals surface area contributed by atoms with Gasteiger partial charge >= 0.3 is 6.03 Å². The molecular formula is C15H23N2O. The summed E-state index contributed by atoms with van der Waals surface area (Å²) in [6, 6.07) is 7.47. The smallest absolute Gasteiger partial charge is 0.319 e. The summed E-state index contributed by atoms with van der Waals surface area (Å²) in [5, 5.41) is 0. The molecule has 0 bridgehead atoms. The Morgan fingerprint density at radius 2 is 1.89 bits per heavy atom. The number of anilines is 1. The summed E-state index contributed by atoms with van der Waals surface area (Å²) in [6.45, 7) is 6.69. The molecule has 0 heterocycles. The number of hydrogen-bond acceptors (Lipinski definition) is 1. The minimum absolute atomic E-state index is 0.381. The molecule has 1 aromatic carbocycles. The number of benzene rings is 1. The van der Waals surface area contributed by atoms with Gasteiger partial charge in [-0.3, -0.25) is 4.90 Å². The van der Waals surface area contributed by atoms with E-state index in [4.69, 9.17) is 5.73 Å². The third-order valence-electron chi connectivity index (χ3n) is 3.04. The average Bonchev–Trinajstić information content (AvgIpc) is 2.39. The van der Waals surface area contributed by atoms with Crippen LogP contribution < -0.4 is 10.6 Å². The van der Waals surface area contributed by atoms with E-state index >= 15 is 0 Å². The summed E-state index contributed by atoms with van der Waals surface area (Å²) >= 11 is 0. The number of amides is 2. The van der Waals surface area contributed by atoms with Crippen LogP contribution in [0.3, 0.4) is 0 Å². The summed E-state index contributed by atoms with van der Waals surface area (Å²) in [5.74, 6) is 0. The molecule has 1 rings (SSSR count). The molecule has 3 nitrogen and oxygen atoms in total. The van der Waals surface area contributed by atoms with E-state index in [2.05, 4.69) is 13.8 Å². The van der Waals surface area contributed by atoms with Crippen molar-refractivity contribution in [2.75, 3.05) is 11.4 Å². The van der Waals surface area contributed by atoms with Crippen LogP contribution in [0.25, 0.3) is 0 Å². The zero-order valence-corrected chi connectivity index (χ0v) is 11.2. The maximum atomic E-state index is 11.5. The van der Waals surface area contributed by atoms with Gasteiger partial charge in [-0.15, -0.1) is 0 Å². The summed E-state index contributed by atoms with van der Waals surface area (Å²) < 4.78 is 0. The van der Waals surface area contributed by atoms with Gasteiger partial charge in [0.15, 0.2) is 0 Å². The van der Waals surface area contributed by atoms with E-state index in [9.17, 15) is 4.79 Å². The van der Waals surface area contributed by atoms with E-state index in [1.54, 1.807) is 4.90 Å². The van der Waals surface area contributed by atoms with Crippen LogP contribution in [0.1, 0.15) is 38.2 Å². The summed E-state index contributed by atoms with van der Waals surface area (Å²) in [6.07, 6.45) is 5.28. The molecule has 2 N–H and O–H groups in total. The molecule has 18 heavy (non-hydrogen) atoms. The summed E-state index contributed by atoms with van der Waals surface area (Å²) in [5.41, 5.74) is 7.46. The third kappa shape index (κ3) is 4.40. The van der Waals surface area contributed by atoms with Crippen LogP contribution in [-0.2, 0) is 6.42 Å². The lowest BCUT2D eigenvalue weighted by Gasteiger charge is -2.20. The molecular weight excluding hydrogens is 224 g/mol. The molecule has 0 spiro atoms. The van der Waals surface area contributed by atoms with Crippen LogP contribution in [-0.4, -0.2) is 12.6 Å². The van der Waals surface area contributed by atoms with Crippen molar-refractivity contribution in [2.45, 2.75) is 39.0 Å². The Labute approximate surface area is 110 Å². The lowest BCUT2D eigenvalue weighted by atomic mass is 10.1. The number of unbranched alkanes of at least 4 members (excludes halogenated alkanes) is 3. The van der Waals surface area contributed by atoms with Gasteiger partial charge in [0.25, 0.3) is 0 Å². The molecule has 3 heteroatoms. The van der Waals surface area contributed by atoms with Crippen LogP contribution in [0.15, 0.2) is 24.3 Å². The number of primary amides is 1. The molecule has 0 aliphatic rings. The minimum atomic E-state index is -0.381. The third-order valence-corrected chi connectivity index (χ3v) is 3.04. The number of hydrogen-bond donors (Lipinski definition) is 1. The normalized spacial score (nSPS) is 10.3. The van der Waals surface area contributed by atoms with Crippen molar-refractivity contribution in [1.29, 1.82) is 0 Å². The van der Waals surface area contributed by atoms with Gasteiger partial charge in [0.2, 0.25) is 0 Å². The fraction of sp³-hybridized carbons (Fsp3) is 0.467. The Hall–Kier alpha value is -1.51. The van der Waals surface area contributed by atoms with Gasteiger partial charge < -0.3 is 5.73 Å². The number of carbonyl (C=O) groups is 1. The Morgan fingerprint density at radius 3 is 2.39 bits per heavy atom. The molecule has 0 fully saturated rings. The highest BCUT2D eigenvalue weighted by molar-refractivity contribution is 5.90. The fourth-order valence-corrected chi connectivity index (χ4v) is 1.91. The second kappa shape index (κ2) is 7.75. The SMILES string of the molecule is [CH2]Cc1ccc(N(CCCCCC)C(N)=O)cc1. The Morgan fingerprint density at radius 1 is 1.22 bits per heavy atom. The fourth-order valence-electron chi connectivity index (χ4n) is 1.91. The van der Waals surface area contributed by atoms with E-state index in [1.165, 1.54) is 12.8 Å². The lowest BCUT2D eigenvalue weighted by Crippen LogP contribution is -2.36. The average molecular weight is 247 g/mol. The first-order chi connectivity index (χ1) is 8.69. The van der Waals surface area contributed by atoms with Crippen LogP contribution in [0.5, 0.6) is 0 Å². The number of nitrogens with zero attached hydrogens (tertiary/aromatic N) is 1. The van der Waals surface area contributed by atoms with E-state index in [0.717, 1.165) is 30.5 Å². The maximum absolute atomic E-state index is 11.5. The minimum Gasteiger partial charge on any atom is -0.351 e. The van der Waals surface area contributed by atoms with Crippen molar-refractivity contribution in [3.63, 3.8) is 0 Å². The second-order valence-corrected chi connectivity index (χ2v) is 4.47. The monoisotopic (exact) mass is 247 g/mol. The first-order valence-electron chi connectivity index (χ1n) is 6.64. The van der Waals surface area contributed by atoms with E-state index in [1.807, 2.05) is 24.3 Å². The van der Waals surface area contributed by atoms with Crippen LogP contribution in [0.4, 0.5) is 10.5 Å². The highest BCUT2D eigenvalue weighted by atomic mass is 16.2. The zero-order valence-electron chi connectivity index (χ0n) is 11.2. The van der Waals surface area contributed by atoms with Crippen LogP contribution in [0, 0.1) is 6.92 Å². The van der Waals surface area contributed by atoms with Crippen molar-refractivity contribution >= 4 is 11.7 Å². The Bertz CT molecular complexity index is 359. The Kier molecular flexibility index (Phi) is 6.26. The van der Waals surface area contributed by atoms with Gasteiger partial charge in [-0.1, -0.05) is 38.3 Å². The molecule has 0 unspecified atom stereocenters. The van der Waals surface area contributed by atoms with E-state index in [0.29, 0.717) is 6.54 Å². The van der Waals surface area contributed by atoms with Crippen molar-refractivity contribution < 1.29 is 4.79 Å². The molecule has 0 aliphatic heterocycles. The molecule has 0 atom stereocenters. The summed E-state index contributed by atoms with van der Waals surface area (Å²) in [4.78, 5) is 13.1. The molecule has 0 aliphatic carbocycles. The number of rotatable bonds is 7. The largest absolute Gasteiger partial charge is 0.351 e. The first kappa shape index (κ1) is 14.6. The van der Waals surface area contributed by atoms with Crippen molar-refractivity contribution in [2.24, 2.45) is 5.73 Å². The van der Waals surface area contributed by atoms with Crippen molar-refractivity contribution in [3.05, 3.63) is 36.8 Å². The summed E-state index contributed by atoms with van der Waals surface area (Å²) in [7, 11) is 0.